The summed E-state index contributed by atoms with van der Waals surface area (Å²) in [7, 11) is 0. The average Bonchev–Trinajstić information content (AvgIpc) is 2.60. The summed E-state index contributed by atoms with van der Waals surface area (Å²) in [5.74, 6) is -0.809. The summed E-state index contributed by atoms with van der Waals surface area (Å²) in [5.41, 5.74) is 2.77. The van der Waals surface area contributed by atoms with E-state index in [-0.39, 0.29) is 19.0 Å². The molecule has 1 N–H and O–H groups in total. The van der Waals surface area contributed by atoms with Crippen molar-refractivity contribution in [3.05, 3.63) is 65.0 Å². The van der Waals surface area contributed by atoms with Crippen LogP contribution in [0.3, 0.4) is 0 Å². The van der Waals surface area contributed by atoms with E-state index in [1.165, 1.54) is 19.1 Å². The monoisotopic (exact) mass is 359 g/mol. The normalized spacial score (nSPS) is 11.5. The van der Waals surface area contributed by atoms with Gasteiger partial charge in [-0.15, -0.1) is 0 Å². The molecule has 0 saturated carbocycles. The molecule has 0 aliphatic carbocycles. The average molecular weight is 359 g/mol. The van der Waals surface area contributed by atoms with E-state index in [0.717, 1.165) is 16.7 Å². The van der Waals surface area contributed by atoms with Crippen LogP contribution in [0.15, 0.2) is 42.5 Å². The van der Waals surface area contributed by atoms with Gasteiger partial charge in [-0.3, -0.25) is 4.79 Å². The van der Waals surface area contributed by atoms with Gasteiger partial charge in [0.05, 0.1) is 0 Å². The molecule has 2 rings (SSSR count). The number of hydrogen-bond acceptors (Lipinski definition) is 4. The number of benzene rings is 2. The molecule has 0 aromatic heterocycles. The molecule has 0 aliphatic heterocycles. The van der Waals surface area contributed by atoms with Gasteiger partial charge >= 0.3 is 5.97 Å². The van der Waals surface area contributed by atoms with E-state index in [1.807, 2.05) is 26.0 Å². The number of esters is 1. The van der Waals surface area contributed by atoms with Crippen LogP contribution in [0.2, 0.25) is 0 Å². The van der Waals surface area contributed by atoms with Crippen molar-refractivity contribution in [2.75, 3.05) is 6.61 Å². The largest absolute Gasteiger partial charge is 0.482 e. The van der Waals surface area contributed by atoms with Crippen molar-refractivity contribution in [3.8, 4) is 5.75 Å². The van der Waals surface area contributed by atoms with Crippen molar-refractivity contribution in [2.45, 2.75) is 33.4 Å². The van der Waals surface area contributed by atoms with Gasteiger partial charge in [0, 0.05) is 6.54 Å². The van der Waals surface area contributed by atoms with Crippen LogP contribution >= 0.6 is 0 Å². The predicted molar refractivity (Wildman–Crippen MR) is 95.2 cm³/mol. The fraction of sp³-hybridized carbons (Fsp3) is 0.300. The third kappa shape index (κ3) is 5.88. The maximum atomic E-state index is 12.8. The number of carbonyl (C=O) groups is 2. The summed E-state index contributed by atoms with van der Waals surface area (Å²) in [6, 6.07) is 11.4. The van der Waals surface area contributed by atoms with Gasteiger partial charge in [-0.1, -0.05) is 29.8 Å². The maximum absolute atomic E-state index is 12.8. The van der Waals surface area contributed by atoms with Gasteiger partial charge in [-0.2, -0.15) is 0 Å². The molecule has 2 aromatic carbocycles. The minimum absolute atomic E-state index is 0.222. The number of ether oxygens (including phenoxy) is 2. The molecule has 0 saturated heterocycles. The zero-order valence-corrected chi connectivity index (χ0v) is 15.0. The highest BCUT2D eigenvalue weighted by Crippen LogP contribution is 2.18. The molecule has 5 nitrogen and oxygen atoms in total. The Labute approximate surface area is 152 Å². The fourth-order valence-corrected chi connectivity index (χ4v) is 2.32. The second kappa shape index (κ2) is 8.99. The summed E-state index contributed by atoms with van der Waals surface area (Å²) >= 11 is 0. The standard InChI is InChI=1S/C20H22FNO4/c1-13-4-9-18(14(2)10-13)25-12-19(23)26-15(3)20(24)22-11-16-5-7-17(21)8-6-16/h4-10,15H,11-12H2,1-3H3,(H,22,24)/t15-/m0/s1. The lowest BCUT2D eigenvalue weighted by Gasteiger charge is -2.14. The van der Waals surface area contributed by atoms with Crippen molar-refractivity contribution in [3.63, 3.8) is 0 Å². The van der Waals surface area contributed by atoms with E-state index in [0.29, 0.717) is 5.75 Å². The number of aryl methyl sites for hydroxylation is 2. The van der Waals surface area contributed by atoms with Crippen LogP contribution in [0.25, 0.3) is 0 Å². The van der Waals surface area contributed by atoms with E-state index in [9.17, 15) is 14.0 Å². The Morgan fingerprint density at radius 1 is 1.12 bits per heavy atom. The number of amides is 1. The van der Waals surface area contributed by atoms with E-state index < -0.39 is 18.0 Å². The Morgan fingerprint density at radius 3 is 2.46 bits per heavy atom. The van der Waals surface area contributed by atoms with E-state index >= 15 is 0 Å². The predicted octanol–water partition coefficient (Wildman–Crippen LogP) is 3.07. The van der Waals surface area contributed by atoms with E-state index in [2.05, 4.69) is 5.32 Å². The molecule has 1 atom stereocenters. The topological polar surface area (TPSA) is 64.6 Å². The third-order valence-corrected chi connectivity index (χ3v) is 3.73. The van der Waals surface area contributed by atoms with Crippen LogP contribution in [0.5, 0.6) is 5.75 Å². The summed E-state index contributed by atoms with van der Waals surface area (Å²) in [4.78, 5) is 23.8. The molecule has 0 unspecified atom stereocenters. The Balaban J connectivity index is 1.76. The molecule has 6 heteroatoms. The first-order valence-corrected chi connectivity index (χ1v) is 8.27. The first-order chi connectivity index (χ1) is 12.3. The number of nitrogens with one attached hydrogen (secondary N) is 1. The molecule has 2 aromatic rings. The summed E-state index contributed by atoms with van der Waals surface area (Å²) in [6.45, 7) is 5.28. The van der Waals surface area contributed by atoms with Gasteiger partial charge in [0.1, 0.15) is 11.6 Å². The molecular formula is C20H22FNO4. The van der Waals surface area contributed by atoms with Gasteiger partial charge in [-0.25, -0.2) is 9.18 Å². The van der Waals surface area contributed by atoms with Crippen molar-refractivity contribution in [1.29, 1.82) is 0 Å². The molecule has 26 heavy (non-hydrogen) atoms. The van der Waals surface area contributed by atoms with Crippen LogP contribution in [0.1, 0.15) is 23.6 Å². The Morgan fingerprint density at radius 2 is 1.81 bits per heavy atom. The van der Waals surface area contributed by atoms with E-state index in [1.54, 1.807) is 18.2 Å². The van der Waals surface area contributed by atoms with Gasteiger partial charge in [0.25, 0.3) is 5.91 Å². The SMILES string of the molecule is Cc1ccc(OCC(=O)O[C@@H](C)C(=O)NCc2ccc(F)cc2)c(C)c1. The minimum atomic E-state index is -0.953. The van der Waals surface area contributed by atoms with Crippen LogP contribution in [0.4, 0.5) is 4.39 Å². The molecule has 0 radical (unpaired) electrons. The van der Waals surface area contributed by atoms with Gasteiger partial charge in [-0.05, 0) is 50.1 Å². The molecule has 138 valence electrons. The van der Waals surface area contributed by atoms with Crippen molar-refractivity contribution in [2.24, 2.45) is 0 Å². The molecular weight excluding hydrogens is 337 g/mol. The molecule has 0 bridgehead atoms. The highest BCUT2D eigenvalue weighted by Gasteiger charge is 2.18. The van der Waals surface area contributed by atoms with E-state index in [4.69, 9.17) is 9.47 Å². The second-order valence-corrected chi connectivity index (χ2v) is 6.03. The zero-order valence-electron chi connectivity index (χ0n) is 15.0. The quantitative estimate of drug-likeness (QED) is 0.772. The fourth-order valence-electron chi connectivity index (χ4n) is 2.32. The Kier molecular flexibility index (Phi) is 6.72. The summed E-state index contributed by atoms with van der Waals surface area (Å²) in [5, 5.41) is 2.63. The zero-order chi connectivity index (χ0) is 19.1. The first-order valence-electron chi connectivity index (χ1n) is 8.27. The minimum Gasteiger partial charge on any atom is -0.482 e. The van der Waals surface area contributed by atoms with Gasteiger partial charge < -0.3 is 14.8 Å². The molecule has 0 heterocycles. The number of halogens is 1. The molecule has 0 aliphatic rings. The van der Waals surface area contributed by atoms with Crippen molar-refractivity contribution in [1.82, 2.24) is 5.32 Å². The molecule has 1 amide bonds. The number of carbonyl (C=O) groups excluding carboxylic acids is 2. The highest BCUT2D eigenvalue weighted by molar-refractivity contribution is 5.83. The third-order valence-electron chi connectivity index (χ3n) is 3.73. The summed E-state index contributed by atoms with van der Waals surface area (Å²) in [6.07, 6.45) is -0.953. The Bertz CT molecular complexity index is 774. The van der Waals surface area contributed by atoms with Crippen molar-refractivity contribution < 1.29 is 23.5 Å². The summed E-state index contributed by atoms with van der Waals surface area (Å²) < 4.78 is 23.3. The Hall–Kier alpha value is -2.89. The second-order valence-electron chi connectivity index (χ2n) is 6.03. The number of rotatable bonds is 7. The van der Waals surface area contributed by atoms with Crippen LogP contribution < -0.4 is 10.1 Å². The first kappa shape index (κ1) is 19.4. The van der Waals surface area contributed by atoms with Crippen LogP contribution in [0, 0.1) is 19.7 Å². The lowest BCUT2D eigenvalue weighted by molar-refractivity contribution is -0.156. The van der Waals surface area contributed by atoms with Gasteiger partial charge in [0.15, 0.2) is 12.7 Å². The van der Waals surface area contributed by atoms with Crippen LogP contribution in [-0.2, 0) is 20.9 Å². The lowest BCUT2D eigenvalue weighted by Crippen LogP contribution is -2.36. The smallest absolute Gasteiger partial charge is 0.344 e. The molecule has 0 spiro atoms. The van der Waals surface area contributed by atoms with Crippen molar-refractivity contribution >= 4 is 11.9 Å². The maximum Gasteiger partial charge on any atom is 0.344 e. The molecule has 0 fully saturated rings. The van der Waals surface area contributed by atoms with Crippen LogP contribution in [-0.4, -0.2) is 24.6 Å². The lowest BCUT2D eigenvalue weighted by atomic mass is 10.1. The van der Waals surface area contributed by atoms with Gasteiger partial charge in [0.2, 0.25) is 0 Å². The highest BCUT2D eigenvalue weighted by atomic mass is 19.1. The number of hydrogen-bond donors (Lipinski definition) is 1.